The van der Waals surface area contributed by atoms with Crippen LogP contribution in [0.5, 0.6) is 11.5 Å². The Labute approximate surface area is 268 Å². The molecule has 8 nitrogen and oxygen atoms in total. The molecule has 2 saturated heterocycles. The van der Waals surface area contributed by atoms with E-state index in [9.17, 15) is 14.4 Å². The largest absolute Gasteiger partial charge is 0.493 e. The molecule has 0 bridgehead atoms. The van der Waals surface area contributed by atoms with Crippen LogP contribution in [0, 0.1) is 0 Å². The maximum Gasteiger partial charge on any atom is 0.294 e. The average Bonchev–Trinajstić information content (AvgIpc) is 3.32. The van der Waals surface area contributed by atoms with Crippen molar-refractivity contribution in [3.8, 4) is 11.5 Å². The average molecular weight is 673 g/mol. The van der Waals surface area contributed by atoms with Gasteiger partial charge in [-0.25, -0.2) is 0 Å². The minimum Gasteiger partial charge on any atom is -0.493 e. The molecule has 0 radical (unpaired) electrons. The molecule has 4 aromatic rings. The van der Waals surface area contributed by atoms with Crippen LogP contribution in [-0.4, -0.2) is 66.7 Å². The summed E-state index contributed by atoms with van der Waals surface area (Å²) in [7, 11) is 1.55. The number of rotatable bonds is 8. The van der Waals surface area contributed by atoms with Crippen LogP contribution in [0.15, 0.2) is 94.3 Å². The first-order valence-electron chi connectivity index (χ1n) is 14.2. The third kappa shape index (κ3) is 6.32. The van der Waals surface area contributed by atoms with Crippen LogP contribution in [-0.2, 0) is 16.2 Å². The predicted molar refractivity (Wildman–Crippen MR) is 177 cm³/mol. The summed E-state index contributed by atoms with van der Waals surface area (Å²) < 4.78 is 12.4. The fourth-order valence-electron chi connectivity index (χ4n) is 5.37. The molecule has 6 rings (SSSR count). The maximum absolute atomic E-state index is 13.2. The second kappa shape index (κ2) is 13.2. The van der Waals surface area contributed by atoms with Gasteiger partial charge in [0.1, 0.15) is 13.2 Å². The van der Waals surface area contributed by atoms with Crippen LogP contribution in [0.3, 0.4) is 0 Å². The lowest BCUT2D eigenvalue weighted by Gasteiger charge is -2.36. The lowest BCUT2D eigenvalue weighted by molar-refractivity contribution is -0.136. The van der Waals surface area contributed by atoms with Crippen LogP contribution in [0.25, 0.3) is 16.8 Å². The lowest BCUT2D eigenvalue weighted by Crippen LogP contribution is -2.51. The lowest BCUT2D eigenvalue weighted by atomic mass is 10.1. The third-order valence-corrected chi connectivity index (χ3v) is 9.35. The molecule has 0 spiro atoms. The monoisotopic (exact) mass is 671 g/mol. The highest BCUT2D eigenvalue weighted by molar-refractivity contribution is 9.10. The quantitative estimate of drug-likeness (QED) is 0.196. The van der Waals surface area contributed by atoms with E-state index < -0.39 is 11.1 Å². The van der Waals surface area contributed by atoms with E-state index >= 15 is 0 Å². The van der Waals surface area contributed by atoms with Crippen molar-refractivity contribution in [3.63, 3.8) is 0 Å². The Balaban J connectivity index is 1.11. The molecule has 3 amide bonds. The number of imide groups is 1. The van der Waals surface area contributed by atoms with Gasteiger partial charge in [0, 0.05) is 36.3 Å². The molecule has 10 heteroatoms. The Kier molecular flexibility index (Phi) is 8.90. The number of hydrogen-bond acceptors (Lipinski definition) is 7. The SMILES string of the molecule is COc1cc(/C=C2/SC(=O)N(CC(=O)N3CCN(c4ccccc4)CC3)C2=O)c(Br)cc1OCc1cccc2ccccc12. The van der Waals surface area contributed by atoms with Gasteiger partial charge in [0.25, 0.3) is 11.1 Å². The first-order chi connectivity index (χ1) is 21.4. The van der Waals surface area contributed by atoms with Crippen molar-refractivity contribution in [2.45, 2.75) is 6.61 Å². The van der Waals surface area contributed by atoms with Gasteiger partial charge in [-0.3, -0.25) is 19.3 Å². The third-order valence-electron chi connectivity index (χ3n) is 7.75. The van der Waals surface area contributed by atoms with Crippen LogP contribution in [0.4, 0.5) is 10.5 Å². The molecule has 0 aromatic heterocycles. The normalized spacial score (nSPS) is 16.2. The molecule has 0 saturated carbocycles. The van der Waals surface area contributed by atoms with Gasteiger partial charge >= 0.3 is 0 Å². The summed E-state index contributed by atoms with van der Waals surface area (Å²) >= 11 is 4.41. The highest BCUT2D eigenvalue weighted by Crippen LogP contribution is 2.38. The number of amides is 3. The number of carbonyl (C=O) groups is 3. The van der Waals surface area contributed by atoms with Gasteiger partial charge in [0.15, 0.2) is 11.5 Å². The predicted octanol–water partition coefficient (Wildman–Crippen LogP) is 6.58. The van der Waals surface area contributed by atoms with Crippen molar-refractivity contribution in [2.75, 3.05) is 44.7 Å². The number of anilines is 1. The van der Waals surface area contributed by atoms with Crippen molar-refractivity contribution in [1.29, 1.82) is 0 Å². The van der Waals surface area contributed by atoms with E-state index in [-0.39, 0.29) is 17.4 Å². The Bertz CT molecular complexity index is 1750. The number of nitrogens with zero attached hydrogens (tertiary/aromatic N) is 3. The van der Waals surface area contributed by atoms with Crippen LogP contribution in [0.1, 0.15) is 11.1 Å². The zero-order valence-electron chi connectivity index (χ0n) is 24.1. The number of methoxy groups -OCH3 is 1. The molecule has 4 aromatic carbocycles. The Hall–Kier alpha value is -4.28. The first kappa shape index (κ1) is 29.8. The van der Waals surface area contributed by atoms with E-state index in [1.54, 1.807) is 30.2 Å². The summed E-state index contributed by atoms with van der Waals surface area (Å²) in [5, 5.41) is 1.79. The number of fused-ring (bicyclic) bond motifs is 1. The van der Waals surface area contributed by atoms with E-state index in [4.69, 9.17) is 9.47 Å². The molecule has 2 aliphatic rings. The maximum atomic E-state index is 13.2. The molecular weight excluding hydrogens is 642 g/mol. The van der Waals surface area contributed by atoms with Crippen LogP contribution >= 0.6 is 27.7 Å². The molecule has 44 heavy (non-hydrogen) atoms. The molecule has 2 fully saturated rings. The standard InChI is InChI=1S/C34H30BrN3O5S/c1-42-29-18-25(28(35)20-30(29)43-22-24-10-7-9-23-8-5-6-13-27(23)24)19-31-33(40)38(34(41)44-31)21-32(39)37-16-14-36(15-17-37)26-11-3-2-4-12-26/h2-13,18-20H,14-17,21-22H2,1H3/b31-19+. The van der Waals surface area contributed by atoms with Gasteiger partial charge in [0.2, 0.25) is 5.91 Å². The zero-order chi connectivity index (χ0) is 30.6. The number of benzene rings is 4. The second-order valence-electron chi connectivity index (χ2n) is 10.4. The number of piperazine rings is 1. The van der Waals surface area contributed by atoms with E-state index in [1.807, 2.05) is 54.6 Å². The molecule has 2 aliphatic heterocycles. The summed E-state index contributed by atoms with van der Waals surface area (Å²) in [6.45, 7) is 2.50. The Morgan fingerprint density at radius 1 is 0.909 bits per heavy atom. The number of thioether (sulfide) groups is 1. The van der Waals surface area contributed by atoms with Gasteiger partial charge in [-0.15, -0.1) is 0 Å². The molecular formula is C34H30BrN3O5S. The van der Waals surface area contributed by atoms with Gasteiger partial charge in [0.05, 0.1) is 12.0 Å². The minimum atomic E-state index is -0.488. The molecule has 0 aliphatic carbocycles. The van der Waals surface area contributed by atoms with Crippen LogP contribution in [0.2, 0.25) is 0 Å². The molecule has 2 heterocycles. The molecule has 0 N–H and O–H groups in total. The summed E-state index contributed by atoms with van der Waals surface area (Å²) in [5.41, 5.74) is 2.81. The van der Waals surface area contributed by atoms with Crippen molar-refractivity contribution < 1.29 is 23.9 Å². The smallest absolute Gasteiger partial charge is 0.294 e. The number of carbonyl (C=O) groups excluding carboxylic acids is 3. The molecule has 224 valence electrons. The number of para-hydroxylation sites is 1. The molecule has 0 unspecified atom stereocenters. The first-order valence-corrected chi connectivity index (χ1v) is 15.8. The number of hydrogen-bond donors (Lipinski definition) is 0. The van der Waals surface area contributed by atoms with Gasteiger partial charge in [-0.2, -0.15) is 0 Å². The van der Waals surface area contributed by atoms with E-state index in [0.717, 1.165) is 38.7 Å². The minimum absolute atomic E-state index is 0.239. The summed E-state index contributed by atoms with van der Waals surface area (Å²) in [6, 6.07) is 27.8. The van der Waals surface area contributed by atoms with Crippen molar-refractivity contribution >= 4 is 67.3 Å². The van der Waals surface area contributed by atoms with Gasteiger partial charge in [-0.05, 0) is 64.0 Å². The fourth-order valence-corrected chi connectivity index (χ4v) is 6.64. The van der Waals surface area contributed by atoms with Crippen molar-refractivity contribution in [1.82, 2.24) is 9.80 Å². The zero-order valence-corrected chi connectivity index (χ0v) is 26.5. The number of ether oxygens (including phenoxy) is 2. The van der Waals surface area contributed by atoms with Crippen molar-refractivity contribution in [2.24, 2.45) is 0 Å². The van der Waals surface area contributed by atoms with E-state index in [2.05, 4.69) is 39.0 Å². The Morgan fingerprint density at radius 2 is 1.64 bits per heavy atom. The van der Waals surface area contributed by atoms with E-state index in [1.165, 1.54) is 0 Å². The van der Waals surface area contributed by atoms with Gasteiger partial charge < -0.3 is 19.3 Å². The van der Waals surface area contributed by atoms with Gasteiger partial charge in [-0.1, -0.05) is 76.6 Å². The summed E-state index contributed by atoms with van der Waals surface area (Å²) in [5.74, 6) is 0.300. The fraction of sp³-hybridized carbons (Fsp3) is 0.206. The van der Waals surface area contributed by atoms with Crippen molar-refractivity contribution in [3.05, 3.63) is 105 Å². The Morgan fingerprint density at radius 3 is 2.41 bits per heavy atom. The summed E-state index contributed by atoms with van der Waals surface area (Å²) in [6.07, 6.45) is 1.63. The van der Waals surface area contributed by atoms with E-state index in [0.29, 0.717) is 54.3 Å². The highest BCUT2D eigenvalue weighted by atomic mass is 79.9. The molecule has 0 atom stereocenters. The topological polar surface area (TPSA) is 79.4 Å². The summed E-state index contributed by atoms with van der Waals surface area (Å²) in [4.78, 5) is 44.3. The second-order valence-corrected chi connectivity index (χ2v) is 12.3. The highest BCUT2D eigenvalue weighted by Gasteiger charge is 2.37. The number of halogens is 1. The van der Waals surface area contributed by atoms with Crippen LogP contribution < -0.4 is 14.4 Å².